The molecule has 0 saturated carbocycles. The van der Waals surface area contributed by atoms with Gasteiger partial charge < -0.3 is 24.7 Å². The van der Waals surface area contributed by atoms with Crippen LogP contribution in [0.25, 0.3) is 22.4 Å². The molecule has 0 spiro atoms. The van der Waals surface area contributed by atoms with Crippen LogP contribution in [0.3, 0.4) is 0 Å². The van der Waals surface area contributed by atoms with Crippen molar-refractivity contribution in [3.05, 3.63) is 41.4 Å². The van der Waals surface area contributed by atoms with Gasteiger partial charge >= 0.3 is 6.18 Å². The maximum atomic E-state index is 13.2. The van der Waals surface area contributed by atoms with E-state index in [2.05, 4.69) is 9.97 Å². The third kappa shape index (κ3) is 4.63. The molecule has 0 aliphatic carbocycles. The number of hydrogen-bond acceptors (Lipinski definition) is 7. The highest BCUT2D eigenvalue weighted by molar-refractivity contribution is 5.99. The number of carbonyl (C=O) groups excluding carboxylic acids is 2. The molecule has 1 saturated heterocycles. The van der Waals surface area contributed by atoms with Crippen LogP contribution < -0.4 is 10.5 Å². The zero-order valence-electron chi connectivity index (χ0n) is 18.6. The smallest absolute Gasteiger partial charge is 0.433 e. The number of hydrogen-bond donors (Lipinski definition) is 1. The number of alkyl halides is 4. The zero-order chi connectivity index (χ0) is 25.3. The van der Waals surface area contributed by atoms with E-state index in [-0.39, 0.29) is 72.3 Å². The van der Waals surface area contributed by atoms with Gasteiger partial charge in [0.2, 0.25) is 11.8 Å². The van der Waals surface area contributed by atoms with E-state index in [0.29, 0.717) is 0 Å². The molecule has 0 unspecified atom stereocenters. The third-order valence-corrected chi connectivity index (χ3v) is 5.61. The summed E-state index contributed by atoms with van der Waals surface area (Å²) in [6, 6.07) is 4.99. The molecule has 2 amide bonds. The van der Waals surface area contributed by atoms with Crippen molar-refractivity contribution < 1.29 is 36.3 Å². The first-order valence-corrected chi connectivity index (χ1v) is 10.6. The van der Waals surface area contributed by atoms with Crippen LogP contribution in [-0.2, 0) is 17.5 Å². The SMILES string of the molecule is COc1ccc(-c2nc(C(=O)N3CCN(CCF)C(=O)C3)c(CN)o2)c2ccc(C(F)(F)F)nc12. The molecule has 1 aliphatic heterocycles. The second-order valence-corrected chi connectivity index (χ2v) is 7.70. The lowest BCUT2D eigenvalue weighted by molar-refractivity contribution is -0.141. The van der Waals surface area contributed by atoms with Gasteiger partial charge in [-0.1, -0.05) is 0 Å². The minimum Gasteiger partial charge on any atom is -0.494 e. The molecule has 1 aromatic carbocycles. The molecule has 2 aromatic heterocycles. The van der Waals surface area contributed by atoms with Gasteiger partial charge in [0.1, 0.15) is 30.2 Å². The number of nitrogens with two attached hydrogens (primary N) is 1. The molecule has 13 heteroatoms. The van der Waals surface area contributed by atoms with Gasteiger partial charge in [0, 0.05) is 30.6 Å². The predicted molar refractivity (Wildman–Crippen MR) is 115 cm³/mol. The van der Waals surface area contributed by atoms with Crippen LogP contribution >= 0.6 is 0 Å². The fourth-order valence-corrected chi connectivity index (χ4v) is 3.84. The molecular weight excluding hydrogens is 474 g/mol. The zero-order valence-corrected chi connectivity index (χ0v) is 18.6. The fraction of sp³-hybridized carbons (Fsp3) is 0.364. The lowest BCUT2D eigenvalue weighted by Gasteiger charge is -2.33. The van der Waals surface area contributed by atoms with Crippen molar-refractivity contribution in [2.45, 2.75) is 12.7 Å². The minimum absolute atomic E-state index is 0.0440. The highest BCUT2D eigenvalue weighted by Crippen LogP contribution is 2.37. The van der Waals surface area contributed by atoms with E-state index in [4.69, 9.17) is 14.9 Å². The topological polar surface area (TPSA) is 115 Å². The van der Waals surface area contributed by atoms with Crippen molar-refractivity contribution in [1.82, 2.24) is 19.8 Å². The molecule has 3 aromatic rings. The van der Waals surface area contributed by atoms with Gasteiger partial charge in [0.25, 0.3) is 5.91 Å². The monoisotopic (exact) mass is 495 g/mol. The molecule has 186 valence electrons. The first-order valence-electron chi connectivity index (χ1n) is 10.6. The standard InChI is InChI=1S/C22H21F4N5O4/c1-34-14-4-2-13(12-3-5-16(22(24,25)26)28-18(12)14)20-29-19(15(10-27)35-20)21(33)31-9-8-30(7-6-23)17(32)11-31/h2-5H,6-11,27H2,1H3. The van der Waals surface area contributed by atoms with E-state index in [9.17, 15) is 27.2 Å². The number of fused-ring (bicyclic) bond motifs is 1. The molecule has 1 aliphatic rings. The molecule has 0 bridgehead atoms. The average Bonchev–Trinajstić information content (AvgIpc) is 3.27. The molecule has 2 N–H and O–H groups in total. The first-order chi connectivity index (χ1) is 16.7. The summed E-state index contributed by atoms with van der Waals surface area (Å²) >= 11 is 0. The number of oxazole rings is 1. The number of halogens is 4. The summed E-state index contributed by atoms with van der Waals surface area (Å²) < 4.78 is 63.1. The molecule has 0 radical (unpaired) electrons. The van der Waals surface area contributed by atoms with E-state index in [1.54, 1.807) is 0 Å². The Morgan fingerprint density at radius 3 is 2.60 bits per heavy atom. The van der Waals surface area contributed by atoms with Gasteiger partial charge in [-0.25, -0.2) is 14.4 Å². The lowest BCUT2D eigenvalue weighted by Crippen LogP contribution is -2.52. The number of aromatic nitrogens is 2. The first kappa shape index (κ1) is 24.4. The largest absolute Gasteiger partial charge is 0.494 e. The van der Waals surface area contributed by atoms with E-state index < -0.39 is 30.4 Å². The summed E-state index contributed by atoms with van der Waals surface area (Å²) in [6.07, 6.45) is -4.66. The van der Waals surface area contributed by atoms with Crippen LogP contribution in [0.2, 0.25) is 0 Å². The predicted octanol–water partition coefficient (Wildman–Crippen LogP) is 2.63. The highest BCUT2D eigenvalue weighted by atomic mass is 19.4. The summed E-state index contributed by atoms with van der Waals surface area (Å²) in [5, 5.41) is 0.260. The number of pyridine rings is 1. The maximum Gasteiger partial charge on any atom is 0.433 e. The lowest BCUT2D eigenvalue weighted by atomic mass is 10.1. The minimum atomic E-state index is -4.66. The Bertz CT molecular complexity index is 1280. The van der Waals surface area contributed by atoms with Crippen molar-refractivity contribution in [1.29, 1.82) is 0 Å². The number of amides is 2. The van der Waals surface area contributed by atoms with Crippen molar-refractivity contribution >= 4 is 22.7 Å². The summed E-state index contributed by atoms with van der Waals surface area (Å²) in [4.78, 5) is 35.9. The van der Waals surface area contributed by atoms with E-state index in [1.165, 1.54) is 35.1 Å². The van der Waals surface area contributed by atoms with Crippen LogP contribution in [-0.4, -0.2) is 71.5 Å². The van der Waals surface area contributed by atoms with Crippen molar-refractivity contribution in [2.24, 2.45) is 5.73 Å². The van der Waals surface area contributed by atoms with Gasteiger partial charge in [0.15, 0.2) is 11.5 Å². The Morgan fingerprint density at radius 1 is 1.20 bits per heavy atom. The fourth-order valence-electron chi connectivity index (χ4n) is 3.84. The number of benzene rings is 1. The molecule has 0 atom stereocenters. The van der Waals surface area contributed by atoms with Gasteiger partial charge in [-0.3, -0.25) is 9.59 Å². The van der Waals surface area contributed by atoms with Crippen LogP contribution in [0, 0.1) is 0 Å². The number of rotatable bonds is 6. The van der Waals surface area contributed by atoms with Crippen LogP contribution in [0.15, 0.2) is 28.7 Å². The summed E-state index contributed by atoms with van der Waals surface area (Å²) in [5.74, 6) is -0.878. The molecule has 3 heterocycles. The quantitative estimate of drug-likeness (QED) is 0.523. The summed E-state index contributed by atoms with van der Waals surface area (Å²) in [6.45, 7) is -0.814. The number of methoxy groups -OCH3 is 1. The van der Waals surface area contributed by atoms with Crippen LogP contribution in [0.1, 0.15) is 21.9 Å². The van der Waals surface area contributed by atoms with Crippen molar-refractivity contribution in [3.8, 4) is 17.2 Å². The van der Waals surface area contributed by atoms with E-state index >= 15 is 0 Å². The van der Waals surface area contributed by atoms with Crippen molar-refractivity contribution in [3.63, 3.8) is 0 Å². The molecule has 1 fully saturated rings. The van der Waals surface area contributed by atoms with Gasteiger partial charge in [0.05, 0.1) is 13.7 Å². The summed E-state index contributed by atoms with van der Waals surface area (Å²) in [5.41, 5.74) is 4.76. The Kier molecular flexibility index (Phi) is 6.61. The maximum absolute atomic E-state index is 13.2. The van der Waals surface area contributed by atoms with E-state index in [1.807, 2.05) is 0 Å². The number of nitrogens with zero attached hydrogens (tertiary/aromatic N) is 4. The normalized spacial score (nSPS) is 14.6. The number of piperazine rings is 1. The Hall–Kier alpha value is -3.74. The highest BCUT2D eigenvalue weighted by Gasteiger charge is 2.34. The van der Waals surface area contributed by atoms with E-state index in [0.717, 1.165) is 6.07 Å². The Labute approximate surface area is 196 Å². The molecule has 4 rings (SSSR count). The molecule has 9 nitrogen and oxygen atoms in total. The number of ether oxygens (including phenoxy) is 1. The van der Waals surface area contributed by atoms with Gasteiger partial charge in [-0.15, -0.1) is 0 Å². The summed E-state index contributed by atoms with van der Waals surface area (Å²) in [7, 11) is 1.31. The molecule has 35 heavy (non-hydrogen) atoms. The second-order valence-electron chi connectivity index (χ2n) is 7.70. The molecular formula is C22H21F4N5O4. The van der Waals surface area contributed by atoms with Gasteiger partial charge in [-0.2, -0.15) is 13.2 Å². The average molecular weight is 495 g/mol. The third-order valence-electron chi connectivity index (χ3n) is 5.61. The van der Waals surface area contributed by atoms with Crippen LogP contribution in [0.4, 0.5) is 17.6 Å². The van der Waals surface area contributed by atoms with Crippen LogP contribution in [0.5, 0.6) is 5.75 Å². The Morgan fingerprint density at radius 2 is 1.97 bits per heavy atom. The Balaban J connectivity index is 1.72. The second kappa shape index (κ2) is 9.49. The van der Waals surface area contributed by atoms with Gasteiger partial charge in [-0.05, 0) is 24.3 Å². The number of carbonyl (C=O) groups is 2. The van der Waals surface area contributed by atoms with Crippen molar-refractivity contribution in [2.75, 3.05) is 40.0 Å².